The Morgan fingerprint density at radius 1 is 1.17 bits per heavy atom. The molecule has 0 saturated heterocycles. The molecule has 5 nitrogen and oxygen atoms in total. The van der Waals surface area contributed by atoms with Gasteiger partial charge in [-0.15, -0.1) is 0 Å². The zero-order chi connectivity index (χ0) is 20.7. The number of hydrogen-bond acceptors (Lipinski definition) is 4. The fraction of sp³-hybridized carbons (Fsp3) is 0.217. The number of para-hydroxylation sites is 1. The summed E-state index contributed by atoms with van der Waals surface area (Å²) in [4.78, 5) is 12.7. The smallest absolute Gasteiger partial charge is 0.189 e. The van der Waals surface area contributed by atoms with Gasteiger partial charge in [-0.2, -0.15) is 0 Å². The van der Waals surface area contributed by atoms with Gasteiger partial charge in [0.15, 0.2) is 5.43 Å². The lowest BCUT2D eigenvalue weighted by Gasteiger charge is -2.18. The summed E-state index contributed by atoms with van der Waals surface area (Å²) in [6.45, 7) is 6.11. The van der Waals surface area contributed by atoms with Gasteiger partial charge in [0, 0.05) is 29.3 Å². The molecule has 0 aliphatic rings. The number of halogens is 1. The Morgan fingerprint density at radius 2 is 1.97 bits per heavy atom. The molecule has 0 radical (unpaired) electrons. The van der Waals surface area contributed by atoms with Crippen molar-refractivity contribution in [3.63, 3.8) is 0 Å². The molecule has 0 bridgehead atoms. The number of nitrogens with zero attached hydrogens (tertiary/aromatic N) is 2. The Bertz CT molecular complexity index is 1270. The number of fused-ring (bicyclic) bond motifs is 1. The van der Waals surface area contributed by atoms with E-state index >= 15 is 0 Å². The van der Waals surface area contributed by atoms with Crippen LogP contribution in [0, 0.1) is 19.7 Å². The standard InChI is InChI=1S/C23H22FN3O2/c1-4-17-11-21(28)18-9-8-15(22-13(2)26-29-14(22)3)10-20(18)27(17)12-16-6-5-7-19(24)23(16)25/h5-11H,4,12,25H2,1-3H3. The maximum absolute atomic E-state index is 14.0. The van der Waals surface area contributed by atoms with Crippen LogP contribution in [-0.2, 0) is 13.0 Å². The predicted octanol–water partition coefficient (Wildman–Crippen LogP) is 4.61. The minimum absolute atomic E-state index is 0.0365. The van der Waals surface area contributed by atoms with Gasteiger partial charge in [0.2, 0.25) is 0 Å². The second-order valence-corrected chi connectivity index (χ2v) is 7.18. The molecule has 4 aromatic rings. The average Bonchev–Trinajstić information content (AvgIpc) is 3.05. The highest BCUT2D eigenvalue weighted by molar-refractivity contribution is 5.86. The second-order valence-electron chi connectivity index (χ2n) is 7.18. The first-order valence-electron chi connectivity index (χ1n) is 9.53. The number of rotatable bonds is 4. The number of aryl methyl sites for hydroxylation is 3. The predicted molar refractivity (Wildman–Crippen MR) is 112 cm³/mol. The van der Waals surface area contributed by atoms with Crippen LogP contribution >= 0.6 is 0 Å². The number of hydrogen-bond donors (Lipinski definition) is 1. The highest BCUT2D eigenvalue weighted by Gasteiger charge is 2.16. The Hall–Kier alpha value is -3.41. The van der Waals surface area contributed by atoms with Crippen LogP contribution in [-0.4, -0.2) is 9.72 Å². The topological polar surface area (TPSA) is 74.0 Å². The van der Waals surface area contributed by atoms with Gasteiger partial charge < -0.3 is 14.8 Å². The third-order valence-electron chi connectivity index (χ3n) is 5.35. The van der Waals surface area contributed by atoms with Crippen molar-refractivity contribution in [1.29, 1.82) is 0 Å². The van der Waals surface area contributed by atoms with Crippen molar-refractivity contribution in [1.82, 2.24) is 9.72 Å². The quantitative estimate of drug-likeness (QED) is 0.516. The first-order valence-corrected chi connectivity index (χ1v) is 9.53. The van der Waals surface area contributed by atoms with Crippen molar-refractivity contribution in [2.24, 2.45) is 0 Å². The van der Waals surface area contributed by atoms with E-state index in [2.05, 4.69) is 5.16 Å². The van der Waals surface area contributed by atoms with Crippen LogP contribution in [0.4, 0.5) is 10.1 Å². The van der Waals surface area contributed by atoms with Crippen LogP contribution in [0.25, 0.3) is 22.0 Å². The monoisotopic (exact) mass is 391 g/mol. The maximum Gasteiger partial charge on any atom is 0.189 e. The van der Waals surface area contributed by atoms with E-state index < -0.39 is 5.82 Å². The maximum atomic E-state index is 14.0. The summed E-state index contributed by atoms with van der Waals surface area (Å²) in [5.41, 5.74) is 11.0. The van der Waals surface area contributed by atoms with Gasteiger partial charge in [-0.3, -0.25) is 4.79 Å². The minimum Gasteiger partial charge on any atom is -0.396 e. The fourth-order valence-corrected chi connectivity index (χ4v) is 3.85. The highest BCUT2D eigenvalue weighted by Crippen LogP contribution is 2.30. The first kappa shape index (κ1) is 18.9. The zero-order valence-electron chi connectivity index (χ0n) is 16.6. The molecule has 148 valence electrons. The van der Waals surface area contributed by atoms with Gasteiger partial charge in [0.05, 0.1) is 16.9 Å². The lowest BCUT2D eigenvalue weighted by Crippen LogP contribution is -2.15. The van der Waals surface area contributed by atoms with Crippen molar-refractivity contribution >= 4 is 16.6 Å². The number of aromatic nitrogens is 2. The van der Waals surface area contributed by atoms with E-state index in [4.69, 9.17) is 10.3 Å². The molecular formula is C23H22FN3O2. The molecule has 2 aromatic carbocycles. The van der Waals surface area contributed by atoms with Crippen LogP contribution in [0.1, 0.15) is 29.6 Å². The van der Waals surface area contributed by atoms with E-state index in [-0.39, 0.29) is 11.1 Å². The molecule has 2 aromatic heterocycles. The highest BCUT2D eigenvalue weighted by atomic mass is 19.1. The molecular weight excluding hydrogens is 369 g/mol. The van der Waals surface area contributed by atoms with E-state index in [9.17, 15) is 9.18 Å². The molecule has 0 unspecified atom stereocenters. The molecule has 29 heavy (non-hydrogen) atoms. The van der Waals surface area contributed by atoms with E-state index in [0.717, 1.165) is 33.8 Å². The molecule has 2 heterocycles. The SMILES string of the molecule is CCc1cc(=O)c2ccc(-c3c(C)noc3C)cc2n1Cc1cccc(F)c1N. The third kappa shape index (κ3) is 3.20. The van der Waals surface area contributed by atoms with E-state index in [1.54, 1.807) is 18.2 Å². The normalized spacial score (nSPS) is 11.3. The van der Waals surface area contributed by atoms with E-state index in [0.29, 0.717) is 23.9 Å². The van der Waals surface area contributed by atoms with Crippen molar-refractivity contribution < 1.29 is 8.91 Å². The fourth-order valence-electron chi connectivity index (χ4n) is 3.85. The largest absolute Gasteiger partial charge is 0.396 e. The van der Waals surface area contributed by atoms with Gasteiger partial charge in [0.1, 0.15) is 11.6 Å². The Labute approximate surface area is 167 Å². The summed E-state index contributed by atoms with van der Waals surface area (Å²) < 4.78 is 21.3. The molecule has 4 rings (SSSR count). The number of benzene rings is 2. The molecule has 2 N–H and O–H groups in total. The van der Waals surface area contributed by atoms with Crippen molar-refractivity contribution in [3.05, 3.63) is 81.2 Å². The van der Waals surface area contributed by atoms with Crippen molar-refractivity contribution in [2.45, 2.75) is 33.7 Å². The van der Waals surface area contributed by atoms with Crippen LogP contribution < -0.4 is 11.2 Å². The number of anilines is 1. The minimum atomic E-state index is -0.442. The molecule has 0 saturated carbocycles. The van der Waals surface area contributed by atoms with Crippen LogP contribution in [0.5, 0.6) is 0 Å². The molecule has 0 amide bonds. The summed E-state index contributed by atoms with van der Waals surface area (Å²) in [5.74, 6) is 0.277. The molecule has 0 aliphatic heterocycles. The van der Waals surface area contributed by atoms with E-state index in [1.165, 1.54) is 6.07 Å². The average molecular weight is 391 g/mol. The molecule has 6 heteroatoms. The zero-order valence-corrected chi connectivity index (χ0v) is 16.6. The summed E-state index contributed by atoms with van der Waals surface area (Å²) >= 11 is 0. The summed E-state index contributed by atoms with van der Waals surface area (Å²) in [6, 6.07) is 12.1. The first-order chi connectivity index (χ1) is 13.9. The van der Waals surface area contributed by atoms with Crippen LogP contribution in [0.2, 0.25) is 0 Å². The lowest BCUT2D eigenvalue weighted by atomic mass is 10.0. The summed E-state index contributed by atoms with van der Waals surface area (Å²) in [6.07, 6.45) is 0.663. The molecule has 0 spiro atoms. The summed E-state index contributed by atoms with van der Waals surface area (Å²) in [7, 11) is 0. The van der Waals surface area contributed by atoms with Crippen LogP contribution in [0.3, 0.4) is 0 Å². The Morgan fingerprint density at radius 3 is 2.66 bits per heavy atom. The number of nitrogen functional groups attached to an aromatic ring is 1. The molecule has 0 atom stereocenters. The van der Waals surface area contributed by atoms with Crippen molar-refractivity contribution in [2.75, 3.05) is 5.73 Å². The van der Waals surface area contributed by atoms with Gasteiger partial charge in [0.25, 0.3) is 0 Å². The lowest BCUT2D eigenvalue weighted by molar-refractivity contribution is 0.393. The van der Waals surface area contributed by atoms with Gasteiger partial charge in [-0.05, 0) is 49.6 Å². The van der Waals surface area contributed by atoms with Gasteiger partial charge in [-0.25, -0.2) is 4.39 Å². The van der Waals surface area contributed by atoms with Crippen LogP contribution in [0.15, 0.2) is 51.8 Å². The molecule has 0 fully saturated rings. The van der Waals surface area contributed by atoms with Gasteiger partial charge >= 0.3 is 0 Å². The third-order valence-corrected chi connectivity index (χ3v) is 5.35. The number of nitrogens with two attached hydrogens (primary N) is 1. The van der Waals surface area contributed by atoms with E-state index in [1.807, 2.05) is 43.5 Å². The van der Waals surface area contributed by atoms with Crippen molar-refractivity contribution in [3.8, 4) is 11.1 Å². The molecule has 0 aliphatic carbocycles. The second kappa shape index (κ2) is 7.20. The Balaban J connectivity index is 1.98. The van der Waals surface area contributed by atoms with Gasteiger partial charge in [-0.1, -0.05) is 30.3 Å². The summed E-state index contributed by atoms with van der Waals surface area (Å²) in [5, 5.41) is 4.64. The Kier molecular flexibility index (Phi) is 4.70. The number of pyridine rings is 1.